The highest BCUT2D eigenvalue weighted by Gasteiger charge is 2.15. The molecule has 0 atom stereocenters. The van der Waals surface area contributed by atoms with Gasteiger partial charge in [0, 0.05) is 11.4 Å². The van der Waals surface area contributed by atoms with E-state index < -0.39 is 0 Å². The molecule has 0 radical (unpaired) electrons. The van der Waals surface area contributed by atoms with Crippen LogP contribution in [0.2, 0.25) is 0 Å². The van der Waals surface area contributed by atoms with Gasteiger partial charge in [-0.15, -0.1) is 24.8 Å². The van der Waals surface area contributed by atoms with Gasteiger partial charge in [-0.2, -0.15) is 0 Å². The Morgan fingerprint density at radius 3 is 1.62 bits per heavy atom. The van der Waals surface area contributed by atoms with E-state index in [1.165, 1.54) is 17.5 Å². The number of fused-ring (bicyclic) bond motifs is 1. The Bertz CT molecular complexity index is 271. The van der Waals surface area contributed by atoms with E-state index in [9.17, 15) is 0 Å². The summed E-state index contributed by atoms with van der Waals surface area (Å²) in [5.41, 5.74) is 16.0. The first-order chi connectivity index (χ1) is 5.29. The monoisotopic (exact) mass is 220 g/mol. The fourth-order valence-electron chi connectivity index (χ4n) is 1.76. The number of nitrogens with two attached hydrogens (primary N) is 2. The van der Waals surface area contributed by atoms with Gasteiger partial charge in [0.2, 0.25) is 0 Å². The minimum atomic E-state index is 0. The van der Waals surface area contributed by atoms with E-state index >= 15 is 0 Å². The van der Waals surface area contributed by atoms with E-state index in [-0.39, 0.29) is 24.8 Å². The summed E-state index contributed by atoms with van der Waals surface area (Å²) in [6.45, 7) is 0. The second-order valence-electron chi connectivity index (χ2n) is 3.05. The lowest BCUT2D eigenvalue weighted by atomic mass is 10.1. The fourth-order valence-corrected chi connectivity index (χ4v) is 1.76. The van der Waals surface area contributed by atoms with E-state index in [2.05, 4.69) is 0 Å². The van der Waals surface area contributed by atoms with Crippen molar-refractivity contribution >= 4 is 36.2 Å². The first kappa shape index (κ1) is 12.4. The average molecular weight is 221 g/mol. The van der Waals surface area contributed by atoms with E-state index in [4.69, 9.17) is 11.5 Å². The van der Waals surface area contributed by atoms with Crippen LogP contribution in [0, 0.1) is 0 Å². The summed E-state index contributed by atoms with van der Waals surface area (Å²) >= 11 is 0. The molecule has 4 heteroatoms. The van der Waals surface area contributed by atoms with Crippen molar-refractivity contribution in [2.75, 3.05) is 11.5 Å². The number of rotatable bonds is 0. The van der Waals surface area contributed by atoms with Crippen LogP contribution in [0.25, 0.3) is 0 Å². The van der Waals surface area contributed by atoms with Crippen molar-refractivity contribution in [3.05, 3.63) is 23.3 Å². The Labute approximate surface area is 90.5 Å². The third-order valence-corrected chi connectivity index (χ3v) is 2.36. The molecule has 2 rings (SSSR count). The molecular formula is C9H14Cl2N2. The van der Waals surface area contributed by atoms with Crippen molar-refractivity contribution in [2.45, 2.75) is 19.3 Å². The van der Waals surface area contributed by atoms with Crippen LogP contribution in [-0.4, -0.2) is 0 Å². The molecular weight excluding hydrogens is 207 g/mol. The quantitative estimate of drug-likeness (QED) is 0.659. The maximum atomic E-state index is 5.79. The summed E-state index contributed by atoms with van der Waals surface area (Å²) in [5, 5.41) is 0. The molecule has 0 saturated carbocycles. The molecule has 74 valence electrons. The van der Waals surface area contributed by atoms with E-state index in [1.807, 2.05) is 12.1 Å². The van der Waals surface area contributed by atoms with Gasteiger partial charge in [-0.1, -0.05) is 0 Å². The normalized spacial score (nSPS) is 12.6. The highest BCUT2D eigenvalue weighted by molar-refractivity contribution is 5.85. The smallest absolute Gasteiger partial charge is 0.0350 e. The summed E-state index contributed by atoms with van der Waals surface area (Å²) in [4.78, 5) is 0. The molecule has 1 aliphatic rings. The van der Waals surface area contributed by atoms with Crippen LogP contribution in [0.5, 0.6) is 0 Å². The summed E-state index contributed by atoms with van der Waals surface area (Å²) in [6.07, 6.45) is 3.41. The molecule has 2 nitrogen and oxygen atoms in total. The molecule has 0 saturated heterocycles. The Kier molecular flexibility index (Phi) is 4.37. The Morgan fingerprint density at radius 2 is 1.23 bits per heavy atom. The minimum absolute atomic E-state index is 0. The zero-order valence-corrected chi connectivity index (χ0v) is 8.88. The van der Waals surface area contributed by atoms with Gasteiger partial charge in [0.25, 0.3) is 0 Å². The molecule has 0 spiro atoms. The number of hydrogen-bond donors (Lipinski definition) is 2. The van der Waals surface area contributed by atoms with Crippen LogP contribution in [0.4, 0.5) is 11.4 Å². The van der Waals surface area contributed by atoms with E-state index in [0.29, 0.717) is 0 Å². The lowest BCUT2D eigenvalue weighted by Crippen LogP contribution is -1.97. The molecule has 0 aliphatic heterocycles. The number of halogens is 2. The molecule has 0 fully saturated rings. The number of nitrogen functional groups attached to an aromatic ring is 2. The maximum absolute atomic E-state index is 5.79. The standard InChI is InChI=1S/C9H12N2.2ClH/c10-8-4-5-9(11)7-3-1-2-6(7)8;;/h4-5H,1-3,10-11H2;2*1H. The van der Waals surface area contributed by atoms with Crippen molar-refractivity contribution < 1.29 is 0 Å². The maximum Gasteiger partial charge on any atom is 0.0350 e. The average Bonchev–Trinajstić information content (AvgIpc) is 2.45. The molecule has 0 bridgehead atoms. The van der Waals surface area contributed by atoms with Gasteiger partial charge in [-0.05, 0) is 42.5 Å². The van der Waals surface area contributed by atoms with Crippen LogP contribution in [-0.2, 0) is 12.8 Å². The van der Waals surface area contributed by atoms with Crippen molar-refractivity contribution in [2.24, 2.45) is 0 Å². The Balaban J connectivity index is 0.000000720. The highest BCUT2D eigenvalue weighted by Crippen LogP contribution is 2.31. The number of hydrogen-bond acceptors (Lipinski definition) is 2. The molecule has 1 aromatic rings. The summed E-state index contributed by atoms with van der Waals surface area (Å²) in [5.74, 6) is 0. The predicted molar refractivity (Wildman–Crippen MR) is 61.8 cm³/mol. The molecule has 1 aliphatic carbocycles. The first-order valence-corrected chi connectivity index (χ1v) is 3.95. The molecule has 4 N–H and O–H groups in total. The molecule has 1 aromatic carbocycles. The third kappa shape index (κ3) is 2.01. The molecule has 0 heterocycles. The van der Waals surface area contributed by atoms with Gasteiger partial charge >= 0.3 is 0 Å². The van der Waals surface area contributed by atoms with Crippen LogP contribution in [0.1, 0.15) is 17.5 Å². The van der Waals surface area contributed by atoms with Crippen molar-refractivity contribution in [1.82, 2.24) is 0 Å². The largest absolute Gasteiger partial charge is 0.398 e. The fraction of sp³-hybridized carbons (Fsp3) is 0.333. The van der Waals surface area contributed by atoms with Crippen molar-refractivity contribution in [3.63, 3.8) is 0 Å². The Morgan fingerprint density at radius 1 is 0.846 bits per heavy atom. The number of benzene rings is 1. The lowest BCUT2D eigenvalue weighted by Gasteiger charge is -2.05. The minimum Gasteiger partial charge on any atom is -0.398 e. The van der Waals surface area contributed by atoms with Gasteiger partial charge in [0.15, 0.2) is 0 Å². The summed E-state index contributed by atoms with van der Waals surface area (Å²) < 4.78 is 0. The van der Waals surface area contributed by atoms with Crippen molar-refractivity contribution in [1.29, 1.82) is 0 Å². The lowest BCUT2D eigenvalue weighted by molar-refractivity contribution is 0.913. The first-order valence-electron chi connectivity index (χ1n) is 3.95. The second-order valence-corrected chi connectivity index (χ2v) is 3.05. The van der Waals surface area contributed by atoms with E-state index in [1.54, 1.807) is 0 Å². The van der Waals surface area contributed by atoms with Crippen LogP contribution >= 0.6 is 24.8 Å². The summed E-state index contributed by atoms with van der Waals surface area (Å²) in [6, 6.07) is 3.80. The van der Waals surface area contributed by atoms with Gasteiger partial charge in [-0.25, -0.2) is 0 Å². The topological polar surface area (TPSA) is 52.0 Å². The van der Waals surface area contributed by atoms with Crippen LogP contribution in [0.15, 0.2) is 12.1 Å². The molecule has 13 heavy (non-hydrogen) atoms. The van der Waals surface area contributed by atoms with E-state index in [0.717, 1.165) is 24.2 Å². The van der Waals surface area contributed by atoms with Crippen LogP contribution < -0.4 is 11.5 Å². The highest BCUT2D eigenvalue weighted by atomic mass is 35.5. The van der Waals surface area contributed by atoms with Crippen molar-refractivity contribution in [3.8, 4) is 0 Å². The zero-order chi connectivity index (χ0) is 7.84. The predicted octanol–water partition coefficient (Wildman–Crippen LogP) is 2.18. The molecule has 0 amide bonds. The SMILES string of the molecule is Cl.Cl.Nc1ccc(N)c2c1CCC2. The summed E-state index contributed by atoms with van der Waals surface area (Å²) in [7, 11) is 0. The Hall–Kier alpha value is -0.600. The molecule has 0 aromatic heterocycles. The molecule has 0 unspecified atom stereocenters. The zero-order valence-electron chi connectivity index (χ0n) is 7.25. The third-order valence-electron chi connectivity index (χ3n) is 2.36. The number of anilines is 2. The van der Waals surface area contributed by atoms with Crippen LogP contribution in [0.3, 0.4) is 0 Å². The van der Waals surface area contributed by atoms with Gasteiger partial charge < -0.3 is 11.5 Å². The second kappa shape index (κ2) is 4.58. The van der Waals surface area contributed by atoms with Gasteiger partial charge in [0.05, 0.1) is 0 Å². The van der Waals surface area contributed by atoms with Gasteiger partial charge in [-0.3, -0.25) is 0 Å². The van der Waals surface area contributed by atoms with Gasteiger partial charge in [0.1, 0.15) is 0 Å².